The Bertz CT molecular complexity index is 1460. The molecule has 0 fully saturated rings. The number of ether oxygens (including phenoxy) is 3. The number of amides is 2. The predicted molar refractivity (Wildman–Crippen MR) is 173 cm³/mol. The number of benzene rings is 3. The van der Waals surface area contributed by atoms with Gasteiger partial charge in [0.25, 0.3) is 5.91 Å². The fraction of sp³-hybridized carbons (Fsp3) is 0.233. The molecule has 0 aromatic heterocycles. The van der Waals surface area contributed by atoms with E-state index in [1.54, 1.807) is 62.6 Å². The average molecular weight is 707 g/mol. The molecule has 1 aliphatic rings. The molecule has 9 nitrogen and oxygen atoms in total. The molecule has 0 unspecified atom stereocenters. The number of fused-ring (bicyclic) bond motifs is 1. The maximum atomic E-state index is 14.0. The highest BCUT2D eigenvalue weighted by Crippen LogP contribution is 2.37. The lowest BCUT2D eigenvalue weighted by Crippen LogP contribution is -2.34. The van der Waals surface area contributed by atoms with Crippen molar-refractivity contribution >= 4 is 54.8 Å². The SMILES string of the molecule is CO/C=C\N(C=N)Cc1cc2c(c(-c3ccc(F)cc3C)c1)NC(=O)CN(Cc1cc(OC)cc(OC)c1)C2=O.SI. The largest absolute Gasteiger partial charge is 0.503 e. The zero-order valence-electron chi connectivity index (χ0n) is 23.6. The molecule has 0 saturated carbocycles. The van der Waals surface area contributed by atoms with Gasteiger partial charge in [-0.05, 0) is 86.8 Å². The molecule has 4 rings (SSSR count). The summed E-state index contributed by atoms with van der Waals surface area (Å²) in [5.41, 5.74) is 3.98. The second-order valence-corrected chi connectivity index (χ2v) is 9.28. The van der Waals surface area contributed by atoms with E-state index in [2.05, 4.69) is 15.1 Å². The van der Waals surface area contributed by atoms with Gasteiger partial charge in [-0.2, -0.15) is 0 Å². The number of anilines is 1. The molecular weight excluding hydrogens is 674 g/mol. The van der Waals surface area contributed by atoms with Crippen molar-refractivity contribution in [1.82, 2.24) is 9.80 Å². The normalized spacial score (nSPS) is 12.5. The third-order valence-corrected chi connectivity index (χ3v) is 6.50. The Hall–Kier alpha value is -3.78. The van der Waals surface area contributed by atoms with Gasteiger partial charge >= 0.3 is 0 Å². The van der Waals surface area contributed by atoms with Crippen molar-refractivity contribution in [2.75, 3.05) is 33.2 Å². The zero-order chi connectivity index (χ0) is 30.8. The second-order valence-electron chi connectivity index (χ2n) is 9.28. The van der Waals surface area contributed by atoms with E-state index >= 15 is 0 Å². The van der Waals surface area contributed by atoms with Gasteiger partial charge in [-0.1, -0.05) is 6.07 Å². The molecule has 1 aliphatic heterocycles. The highest BCUT2D eigenvalue weighted by Gasteiger charge is 2.30. The van der Waals surface area contributed by atoms with Gasteiger partial charge in [0.2, 0.25) is 5.91 Å². The number of aryl methyl sites for hydroxylation is 1. The van der Waals surface area contributed by atoms with Gasteiger partial charge in [0, 0.05) is 30.9 Å². The van der Waals surface area contributed by atoms with Crippen LogP contribution in [0.15, 0.2) is 61.0 Å². The lowest BCUT2D eigenvalue weighted by molar-refractivity contribution is -0.116. The minimum absolute atomic E-state index is 0.136. The van der Waals surface area contributed by atoms with Crippen LogP contribution in [0.5, 0.6) is 11.5 Å². The van der Waals surface area contributed by atoms with Crippen LogP contribution in [0, 0.1) is 18.2 Å². The van der Waals surface area contributed by atoms with Crippen molar-refractivity contribution in [3.8, 4) is 22.6 Å². The van der Waals surface area contributed by atoms with Crippen molar-refractivity contribution in [3.05, 3.63) is 89.1 Å². The van der Waals surface area contributed by atoms with Crippen molar-refractivity contribution in [1.29, 1.82) is 5.41 Å². The van der Waals surface area contributed by atoms with E-state index in [0.717, 1.165) is 11.9 Å². The second kappa shape index (κ2) is 15.4. The number of rotatable bonds is 10. The summed E-state index contributed by atoms with van der Waals surface area (Å²) < 4.78 is 29.7. The minimum Gasteiger partial charge on any atom is -0.503 e. The lowest BCUT2D eigenvalue weighted by Gasteiger charge is -2.22. The molecule has 0 radical (unpaired) electrons. The number of halogens is 2. The van der Waals surface area contributed by atoms with Crippen molar-refractivity contribution < 1.29 is 28.2 Å². The van der Waals surface area contributed by atoms with Crippen molar-refractivity contribution in [2.45, 2.75) is 20.0 Å². The zero-order valence-corrected chi connectivity index (χ0v) is 26.7. The van der Waals surface area contributed by atoms with Gasteiger partial charge in [0.1, 0.15) is 23.9 Å². The van der Waals surface area contributed by atoms with Gasteiger partial charge in [0.15, 0.2) is 0 Å². The lowest BCUT2D eigenvalue weighted by atomic mass is 9.93. The van der Waals surface area contributed by atoms with Crippen LogP contribution in [0.4, 0.5) is 10.1 Å². The molecule has 0 aliphatic carbocycles. The molecule has 222 valence electrons. The molecule has 0 bridgehead atoms. The highest BCUT2D eigenvalue weighted by atomic mass is 127. The van der Waals surface area contributed by atoms with Crippen LogP contribution < -0.4 is 14.8 Å². The Morgan fingerprint density at radius 2 is 1.67 bits per heavy atom. The third kappa shape index (κ3) is 7.94. The Morgan fingerprint density at radius 3 is 2.26 bits per heavy atom. The number of thiol groups is 1. The smallest absolute Gasteiger partial charge is 0.256 e. The molecule has 42 heavy (non-hydrogen) atoms. The number of methoxy groups -OCH3 is 3. The number of nitrogens with zero attached hydrogens (tertiary/aromatic N) is 2. The van der Waals surface area contributed by atoms with E-state index in [4.69, 9.17) is 19.6 Å². The van der Waals surface area contributed by atoms with Gasteiger partial charge in [0.05, 0.1) is 45.2 Å². The molecule has 0 saturated heterocycles. The molecular formula is C30H32FIN4O5S. The van der Waals surface area contributed by atoms with E-state index in [-0.39, 0.29) is 42.8 Å². The van der Waals surface area contributed by atoms with E-state index in [1.165, 1.54) is 30.4 Å². The van der Waals surface area contributed by atoms with Gasteiger partial charge in [-0.3, -0.25) is 15.0 Å². The van der Waals surface area contributed by atoms with Crippen molar-refractivity contribution in [3.63, 3.8) is 0 Å². The molecule has 3 aromatic rings. The summed E-state index contributed by atoms with van der Waals surface area (Å²) in [7, 11) is 8.08. The van der Waals surface area contributed by atoms with Crippen LogP contribution in [-0.4, -0.2) is 55.8 Å². The fourth-order valence-corrected chi connectivity index (χ4v) is 4.63. The quantitative estimate of drug-likeness (QED) is 0.0763. The first kappa shape index (κ1) is 32.7. The molecule has 0 spiro atoms. The summed E-state index contributed by atoms with van der Waals surface area (Å²) in [5.74, 6) is 0.0252. The van der Waals surface area contributed by atoms with Gasteiger partial charge in [-0.25, -0.2) is 4.39 Å². The number of nitrogens with one attached hydrogen (secondary N) is 2. The van der Waals surface area contributed by atoms with Crippen LogP contribution in [0.2, 0.25) is 0 Å². The van der Waals surface area contributed by atoms with Crippen LogP contribution in [0.25, 0.3) is 11.1 Å². The van der Waals surface area contributed by atoms with E-state index in [0.29, 0.717) is 39.4 Å². The summed E-state index contributed by atoms with van der Waals surface area (Å²) >= 11 is 1.84. The third-order valence-electron chi connectivity index (χ3n) is 6.50. The van der Waals surface area contributed by atoms with Crippen LogP contribution in [0.3, 0.4) is 0 Å². The Morgan fingerprint density at radius 1 is 1.00 bits per heavy atom. The van der Waals surface area contributed by atoms with E-state index in [9.17, 15) is 14.0 Å². The van der Waals surface area contributed by atoms with Gasteiger partial charge in [-0.15, -0.1) is 9.80 Å². The predicted octanol–water partition coefficient (Wildman–Crippen LogP) is 6.21. The van der Waals surface area contributed by atoms with Crippen LogP contribution in [0.1, 0.15) is 27.0 Å². The molecule has 12 heteroatoms. The number of hydrogen-bond acceptors (Lipinski definition) is 7. The topological polar surface area (TPSA) is 104 Å². The summed E-state index contributed by atoms with van der Waals surface area (Å²) in [5, 5.41) is 10.7. The first-order valence-electron chi connectivity index (χ1n) is 12.6. The van der Waals surface area contributed by atoms with E-state index in [1.807, 2.05) is 27.3 Å². The fourth-order valence-electron chi connectivity index (χ4n) is 4.63. The number of carbonyl (C=O) groups is 2. The monoisotopic (exact) mass is 706 g/mol. The average Bonchev–Trinajstić information content (AvgIpc) is 3.11. The van der Waals surface area contributed by atoms with E-state index < -0.39 is 0 Å². The minimum atomic E-state index is -0.386. The summed E-state index contributed by atoms with van der Waals surface area (Å²) in [6.07, 6.45) is 4.17. The molecule has 2 amide bonds. The maximum absolute atomic E-state index is 14.0. The number of carbonyl (C=O) groups excluding carboxylic acids is 2. The Balaban J connectivity index is 0.00000237. The summed E-state index contributed by atoms with van der Waals surface area (Å²) in [4.78, 5) is 30.2. The first-order valence-corrected chi connectivity index (χ1v) is 15.9. The van der Waals surface area contributed by atoms with Crippen LogP contribution >= 0.6 is 31.0 Å². The molecule has 0 atom stereocenters. The van der Waals surface area contributed by atoms with Crippen molar-refractivity contribution in [2.24, 2.45) is 0 Å². The summed E-state index contributed by atoms with van der Waals surface area (Å²) in [6.45, 7) is 1.98. The van der Waals surface area contributed by atoms with Crippen LogP contribution in [-0.2, 0) is 22.6 Å². The standard InChI is InChI=1S/C30H31FN4O5.HIS/c1-19-9-22(31)5-6-25(19)26-12-21(15-34(18-32)7-8-38-2)13-27-29(26)33-28(36)17-35(30(27)37)16-20-10-23(39-3)14-24(11-20)40-4;1-2/h5-14,18,32H,15-17H2,1-4H3,(H,33,36);2H/b8-7-,32-18?;. The van der Waals surface area contributed by atoms with Gasteiger partial charge < -0.3 is 29.3 Å². The maximum Gasteiger partial charge on any atom is 0.256 e. The Kier molecular flexibility index (Phi) is 12.0. The first-order chi connectivity index (χ1) is 20.3. The molecule has 3 aromatic carbocycles. The Labute approximate surface area is 262 Å². The number of hydrogen-bond donors (Lipinski definition) is 3. The molecule has 2 N–H and O–H groups in total. The molecule has 1 heterocycles. The highest BCUT2D eigenvalue weighted by molar-refractivity contribution is 14.2. The summed E-state index contributed by atoms with van der Waals surface area (Å²) in [6, 6.07) is 13.2.